The van der Waals surface area contributed by atoms with Crippen LogP contribution in [0.3, 0.4) is 0 Å². The fourth-order valence-corrected chi connectivity index (χ4v) is 4.47. The molecule has 1 aliphatic heterocycles. The van der Waals surface area contributed by atoms with Crippen molar-refractivity contribution in [3.63, 3.8) is 0 Å². The van der Waals surface area contributed by atoms with E-state index >= 15 is 0 Å². The summed E-state index contributed by atoms with van der Waals surface area (Å²) in [7, 11) is 1.42. The first-order valence-corrected chi connectivity index (χ1v) is 10.6. The van der Waals surface area contributed by atoms with E-state index in [9.17, 15) is 22.8 Å². The van der Waals surface area contributed by atoms with E-state index < -0.39 is 23.7 Å². The quantitative estimate of drug-likeness (QED) is 0.757. The number of anilines is 1. The third-order valence-corrected chi connectivity index (χ3v) is 6.23. The van der Waals surface area contributed by atoms with Crippen molar-refractivity contribution < 1.29 is 27.5 Å². The van der Waals surface area contributed by atoms with Crippen LogP contribution in [-0.4, -0.2) is 49.3 Å². The number of nitrogens with zero attached hydrogens (tertiary/aromatic N) is 2. The van der Waals surface area contributed by atoms with Crippen LogP contribution in [0.2, 0.25) is 0 Å². The largest absolute Gasteiger partial charge is 0.446 e. The Bertz CT molecular complexity index is 966. The minimum Gasteiger partial charge on any atom is -0.446 e. The number of thiophene rings is 1. The van der Waals surface area contributed by atoms with E-state index in [1.165, 1.54) is 12.4 Å². The Kier molecular flexibility index (Phi) is 5.48. The minimum absolute atomic E-state index is 0.0476. The smallest absolute Gasteiger partial charge is 0.417 e. The second kappa shape index (κ2) is 7.93. The molecule has 0 aromatic carbocycles. The predicted octanol–water partition coefficient (Wildman–Crippen LogP) is 3.53. The average molecular weight is 442 g/mol. The molecule has 2 N–H and O–H groups in total. The number of fused-ring (bicyclic) bond motifs is 1. The molecule has 4 rings (SSSR count). The molecule has 162 valence electrons. The molecule has 2 fully saturated rings. The molecule has 0 atom stereocenters. The zero-order valence-corrected chi connectivity index (χ0v) is 17.0. The summed E-state index contributed by atoms with van der Waals surface area (Å²) in [5.74, 6) is -0.313. The van der Waals surface area contributed by atoms with Crippen molar-refractivity contribution in [1.82, 2.24) is 15.6 Å². The minimum atomic E-state index is -4.57. The van der Waals surface area contributed by atoms with Crippen LogP contribution in [0.4, 0.5) is 23.8 Å². The first-order chi connectivity index (χ1) is 14.3. The summed E-state index contributed by atoms with van der Waals surface area (Å²) in [5.41, 5.74) is -0.629. The standard InChI is InChI=1S/C19H21F3N4O3S/c1-23-17(27)12-9-30-16-13(19(20,21)22)8-14(25-15(12)16)26-6-4-11(5-7-26)29-18(28)24-10-2-3-10/h8-11H,2-7H2,1H3,(H,23,27)(H,24,28). The molecule has 11 heteroatoms. The molecule has 0 radical (unpaired) electrons. The maximum absolute atomic E-state index is 13.7. The summed E-state index contributed by atoms with van der Waals surface area (Å²) >= 11 is 0.857. The monoisotopic (exact) mass is 442 g/mol. The molecular formula is C19H21F3N4O3S. The fraction of sp³-hybridized carbons (Fsp3) is 0.526. The number of hydrogen-bond donors (Lipinski definition) is 2. The number of piperidine rings is 1. The van der Waals surface area contributed by atoms with Gasteiger partial charge in [-0.25, -0.2) is 9.78 Å². The number of aromatic nitrogens is 1. The third kappa shape index (κ3) is 4.30. The SMILES string of the molecule is CNC(=O)c1csc2c(C(F)(F)F)cc(N3CCC(OC(=O)NC4CC4)CC3)nc12. The Morgan fingerprint density at radius 3 is 2.53 bits per heavy atom. The summed E-state index contributed by atoms with van der Waals surface area (Å²) < 4.78 is 46.3. The highest BCUT2D eigenvalue weighted by Gasteiger charge is 2.36. The average Bonchev–Trinajstić information content (AvgIpc) is 3.41. The van der Waals surface area contributed by atoms with Crippen LogP contribution in [0, 0.1) is 0 Å². The van der Waals surface area contributed by atoms with Crippen LogP contribution in [0.5, 0.6) is 0 Å². The summed E-state index contributed by atoms with van der Waals surface area (Å²) in [6, 6.07) is 1.24. The van der Waals surface area contributed by atoms with Crippen molar-refractivity contribution in [1.29, 1.82) is 0 Å². The van der Waals surface area contributed by atoms with Crippen molar-refractivity contribution >= 4 is 39.4 Å². The number of halogens is 3. The molecule has 1 aliphatic carbocycles. The highest BCUT2D eigenvalue weighted by molar-refractivity contribution is 7.17. The van der Waals surface area contributed by atoms with E-state index in [4.69, 9.17) is 4.74 Å². The van der Waals surface area contributed by atoms with E-state index in [-0.39, 0.29) is 33.7 Å². The van der Waals surface area contributed by atoms with Crippen molar-refractivity contribution in [2.24, 2.45) is 0 Å². The van der Waals surface area contributed by atoms with Gasteiger partial charge in [0.1, 0.15) is 11.9 Å². The second-order valence-corrected chi connectivity index (χ2v) is 8.32. The topological polar surface area (TPSA) is 83.6 Å². The number of ether oxygens (including phenoxy) is 1. The van der Waals surface area contributed by atoms with Gasteiger partial charge in [0, 0.05) is 44.4 Å². The summed E-state index contributed by atoms with van der Waals surface area (Å²) in [6.07, 6.45) is -2.38. The maximum atomic E-state index is 13.7. The Morgan fingerprint density at radius 2 is 1.93 bits per heavy atom. The Balaban J connectivity index is 1.55. The molecule has 3 heterocycles. The third-order valence-electron chi connectivity index (χ3n) is 5.23. The number of amides is 2. The van der Waals surface area contributed by atoms with Crippen molar-refractivity contribution in [2.45, 2.75) is 44.0 Å². The van der Waals surface area contributed by atoms with Gasteiger partial charge in [0.25, 0.3) is 5.91 Å². The molecule has 1 saturated carbocycles. The fourth-order valence-electron chi connectivity index (χ4n) is 3.45. The van der Waals surface area contributed by atoms with Crippen LogP contribution >= 0.6 is 11.3 Å². The Hall–Kier alpha value is -2.56. The number of alkyl halides is 3. The lowest BCUT2D eigenvalue weighted by atomic mass is 10.1. The first-order valence-electron chi connectivity index (χ1n) is 9.70. The van der Waals surface area contributed by atoms with E-state index in [2.05, 4.69) is 15.6 Å². The van der Waals surface area contributed by atoms with E-state index in [1.54, 1.807) is 4.90 Å². The number of alkyl carbamates (subject to hydrolysis) is 1. The summed E-state index contributed by atoms with van der Waals surface area (Å²) in [5, 5.41) is 6.59. The predicted molar refractivity (Wildman–Crippen MR) is 106 cm³/mol. The second-order valence-electron chi connectivity index (χ2n) is 7.44. The Labute approximate surface area is 174 Å². The molecule has 0 bridgehead atoms. The molecule has 1 saturated heterocycles. The lowest BCUT2D eigenvalue weighted by Crippen LogP contribution is -2.40. The molecule has 2 aliphatic rings. The lowest BCUT2D eigenvalue weighted by Gasteiger charge is -2.32. The first kappa shape index (κ1) is 20.7. The van der Waals surface area contributed by atoms with E-state index in [0.29, 0.717) is 25.9 Å². The van der Waals surface area contributed by atoms with Gasteiger partial charge in [-0.15, -0.1) is 11.3 Å². The number of pyridine rings is 1. The molecule has 0 unspecified atom stereocenters. The molecule has 2 amide bonds. The maximum Gasteiger partial charge on any atom is 0.417 e. The van der Waals surface area contributed by atoms with Crippen molar-refractivity contribution in [3.05, 3.63) is 22.6 Å². The molecule has 0 spiro atoms. The number of carbonyl (C=O) groups excluding carboxylic acids is 2. The highest BCUT2D eigenvalue weighted by Crippen LogP contribution is 2.40. The van der Waals surface area contributed by atoms with Gasteiger partial charge in [-0.05, 0) is 18.9 Å². The van der Waals surface area contributed by atoms with Crippen molar-refractivity contribution in [3.8, 4) is 0 Å². The zero-order valence-electron chi connectivity index (χ0n) is 16.2. The highest BCUT2D eigenvalue weighted by atomic mass is 32.1. The molecule has 7 nitrogen and oxygen atoms in total. The summed E-state index contributed by atoms with van der Waals surface area (Å²) in [6.45, 7) is 0.799. The number of rotatable bonds is 4. The van der Waals surface area contributed by atoms with Crippen molar-refractivity contribution in [2.75, 3.05) is 25.0 Å². The zero-order chi connectivity index (χ0) is 21.5. The van der Waals surface area contributed by atoms with Crippen LogP contribution in [0.15, 0.2) is 11.4 Å². The molecular weight excluding hydrogens is 421 g/mol. The van der Waals surface area contributed by atoms with Gasteiger partial charge in [0.05, 0.1) is 21.3 Å². The van der Waals surface area contributed by atoms with Gasteiger partial charge < -0.3 is 20.3 Å². The summed E-state index contributed by atoms with van der Waals surface area (Å²) in [4.78, 5) is 30.0. The van der Waals surface area contributed by atoms with Gasteiger partial charge in [0.15, 0.2) is 0 Å². The molecule has 30 heavy (non-hydrogen) atoms. The van der Waals surface area contributed by atoms with Gasteiger partial charge in [0.2, 0.25) is 0 Å². The van der Waals surface area contributed by atoms with Gasteiger partial charge in [-0.3, -0.25) is 4.79 Å². The van der Waals surface area contributed by atoms with Crippen LogP contribution in [0.1, 0.15) is 41.6 Å². The molecule has 2 aromatic heterocycles. The van der Waals surface area contributed by atoms with Crippen LogP contribution < -0.4 is 15.5 Å². The normalized spacial score (nSPS) is 17.8. The van der Waals surface area contributed by atoms with Gasteiger partial charge in [-0.1, -0.05) is 0 Å². The number of carbonyl (C=O) groups is 2. The Morgan fingerprint density at radius 1 is 1.23 bits per heavy atom. The number of nitrogens with one attached hydrogen (secondary N) is 2. The van der Waals surface area contributed by atoms with Crippen LogP contribution in [-0.2, 0) is 10.9 Å². The van der Waals surface area contributed by atoms with Gasteiger partial charge >= 0.3 is 12.3 Å². The van der Waals surface area contributed by atoms with E-state index in [1.807, 2.05) is 0 Å². The lowest BCUT2D eigenvalue weighted by molar-refractivity contribution is -0.136. The van der Waals surface area contributed by atoms with Gasteiger partial charge in [-0.2, -0.15) is 13.2 Å². The molecule has 2 aromatic rings. The number of hydrogen-bond acceptors (Lipinski definition) is 6. The van der Waals surface area contributed by atoms with E-state index in [0.717, 1.165) is 30.2 Å². The van der Waals surface area contributed by atoms with Crippen LogP contribution in [0.25, 0.3) is 10.2 Å².